The second-order valence-electron chi connectivity index (χ2n) is 4.90. The Balaban J connectivity index is 2.75. The highest BCUT2D eigenvalue weighted by Crippen LogP contribution is 2.31. The standard InChI is InChI=1S/C13H17FN2/c1-13(2,8-15)11-7-16(3)12-5-4-9(14)6-10(11)12/h4-7H,8,15H2,1-3H3. The second kappa shape index (κ2) is 3.59. The SMILES string of the molecule is Cn1cc(C(C)(C)CN)c2cc(F)ccc21. The third kappa shape index (κ3) is 1.61. The first-order chi connectivity index (χ1) is 7.45. The van der Waals surface area contributed by atoms with E-state index in [9.17, 15) is 4.39 Å². The summed E-state index contributed by atoms with van der Waals surface area (Å²) in [6.45, 7) is 4.70. The largest absolute Gasteiger partial charge is 0.350 e. The van der Waals surface area contributed by atoms with Crippen LogP contribution < -0.4 is 5.73 Å². The molecule has 2 rings (SSSR count). The topological polar surface area (TPSA) is 30.9 Å². The number of halogens is 1. The van der Waals surface area contributed by atoms with Crippen molar-refractivity contribution >= 4 is 10.9 Å². The quantitative estimate of drug-likeness (QED) is 0.828. The number of benzene rings is 1. The Morgan fingerprint density at radius 1 is 1.38 bits per heavy atom. The number of aryl methyl sites for hydroxylation is 1. The van der Waals surface area contributed by atoms with Gasteiger partial charge in [-0.3, -0.25) is 0 Å². The van der Waals surface area contributed by atoms with Crippen LogP contribution in [0.2, 0.25) is 0 Å². The average Bonchev–Trinajstić information content (AvgIpc) is 2.56. The zero-order valence-electron chi connectivity index (χ0n) is 9.92. The van der Waals surface area contributed by atoms with Crippen LogP contribution >= 0.6 is 0 Å². The molecule has 1 aromatic carbocycles. The van der Waals surface area contributed by atoms with E-state index in [0.29, 0.717) is 6.54 Å². The first kappa shape index (κ1) is 11.1. The molecule has 0 atom stereocenters. The van der Waals surface area contributed by atoms with Crippen LogP contribution in [0.25, 0.3) is 10.9 Å². The number of hydrogen-bond acceptors (Lipinski definition) is 1. The van der Waals surface area contributed by atoms with E-state index >= 15 is 0 Å². The summed E-state index contributed by atoms with van der Waals surface area (Å²) in [5.74, 6) is -0.201. The van der Waals surface area contributed by atoms with Crippen molar-refractivity contribution in [2.45, 2.75) is 19.3 Å². The minimum Gasteiger partial charge on any atom is -0.350 e. The fourth-order valence-electron chi connectivity index (χ4n) is 2.01. The Morgan fingerprint density at radius 3 is 2.69 bits per heavy atom. The zero-order valence-corrected chi connectivity index (χ0v) is 9.92. The van der Waals surface area contributed by atoms with Crippen LogP contribution in [0.1, 0.15) is 19.4 Å². The third-order valence-corrected chi connectivity index (χ3v) is 3.19. The molecule has 3 heteroatoms. The Kier molecular flexibility index (Phi) is 2.50. The van der Waals surface area contributed by atoms with Crippen LogP contribution in [-0.2, 0) is 12.5 Å². The molecule has 1 aromatic heterocycles. The van der Waals surface area contributed by atoms with Crippen LogP contribution in [0, 0.1) is 5.82 Å². The molecule has 0 aliphatic heterocycles. The maximum absolute atomic E-state index is 13.3. The lowest BCUT2D eigenvalue weighted by Gasteiger charge is -2.21. The van der Waals surface area contributed by atoms with Gasteiger partial charge >= 0.3 is 0 Å². The highest BCUT2D eigenvalue weighted by atomic mass is 19.1. The molecule has 2 N–H and O–H groups in total. The molecule has 0 unspecified atom stereocenters. The van der Waals surface area contributed by atoms with Crippen molar-refractivity contribution in [1.29, 1.82) is 0 Å². The van der Waals surface area contributed by atoms with Gasteiger partial charge in [0.15, 0.2) is 0 Å². The number of rotatable bonds is 2. The van der Waals surface area contributed by atoms with Crippen LogP contribution in [0.4, 0.5) is 4.39 Å². The number of nitrogens with two attached hydrogens (primary N) is 1. The molecule has 2 nitrogen and oxygen atoms in total. The normalized spacial score (nSPS) is 12.3. The Morgan fingerprint density at radius 2 is 2.06 bits per heavy atom. The van der Waals surface area contributed by atoms with Gasteiger partial charge in [0.25, 0.3) is 0 Å². The van der Waals surface area contributed by atoms with Gasteiger partial charge in [0.1, 0.15) is 5.82 Å². The number of nitrogens with zero attached hydrogens (tertiary/aromatic N) is 1. The summed E-state index contributed by atoms with van der Waals surface area (Å²) in [4.78, 5) is 0. The van der Waals surface area contributed by atoms with E-state index < -0.39 is 0 Å². The summed E-state index contributed by atoms with van der Waals surface area (Å²) < 4.78 is 15.3. The number of fused-ring (bicyclic) bond motifs is 1. The van der Waals surface area contributed by atoms with Gasteiger partial charge in [-0.25, -0.2) is 4.39 Å². The predicted molar refractivity (Wildman–Crippen MR) is 65.0 cm³/mol. The first-order valence-electron chi connectivity index (χ1n) is 5.41. The maximum Gasteiger partial charge on any atom is 0.123 e. The van der Waals surface area contributed by atoms with Gasteiger partial charge in [-0.05, 0) is 23.8 Å². The van der Waals surface area contributed by atoms with Gasteiger partial charge in [0.2, 0.25) is 0 Å². The van der Waals surface area contributed by atoms with Crippen LogP contribution in [0.15, 0.2) is 24.4 Å². The molecule has 0 aliphatic carbocycles. The zero-order chi connectivity index (χ0) is 11.9. The predicted octanol–water partition coefficient (Wildman–Crippen LogP) is 2.55. The van der Waals surface area contributed by atoms with Gasteiger partial charge < -0.3 is 10.3 Å². The lowest BCUT2D eigenvalue weighted by Crippen LogP contribution is -2.27. The molecule has 0 saturated carbocycles. The number of hydrogen-bond donors (Lipinski definition) is 1. The highest BCUT2D eigenvalue weighted by Gasteiger charge is 2.23. The third-order valence-electron chi connectivity index (χ3n) is 3.19. The molecule has 86 valence electrons. The molecular weight excluding hydrogens is 203 g/mol. The minimum atomic E-state index is -0.201. The van der Waals surface area contributed by atoms with Gasteiger partial charge in [-0.1, -0.05) is 13.8 Å². The molecule has 0 amide bonds. The monoisotopic (exact) mass is 220 g/mol. The lowest BCUT2D eigenvalue weighted by molar-refractivity contribution is 0.541. The van der Waals surface area contributed by atoms with Crippen molar-refractivity contribution in [1.82, 2.24) is 4.57 Å². The van der Waals surface area contributed by atoms with Crippen molar-refractivity contribution in [2.24, 2.45) is 12.8 Å². The Bertz CT molecular complexity index is 526. The summed E-state index contributed by atoms with van der Waals surface area (Å²) in [6.07, 6.45) is 2.04. The molecule has 16 heavy (non-hydrogen) atoms. The molecule has 0 bridgehead atoms. The molecule has 1 heterocycles. The summed E-state index contributed by atoms with van der Waals surface area (Å²) in [7, 11) is 1.97. The van der Waals surface area contributed by atoms with Crippen LogP contribution in [0.3, 0.4) is 0 Å². The van der Waals surface area contributed by atoms with E-state index in [1.165, 1.54) is 6.07 Å². The fourth-order valence-corrected chi connectivity index (χ4v) is 2.01. The van der Waals surface area contributed by atoms with Crippen molar-refractivity contribution in [3.8, 4) is 0 Å². The smallest absolute Gasteiger partial charge is 0.123 e. The summed E-state index contributed by atoms with van der Waals surface area (Å²) in [5, 5.41) is 0.956. The van der Waals surface area contributed by atoms with E-state index in [-0.39, 0.29) is 11.2 Å². The molecule has 0 radical (unpaired) electrons. The Hall–Kier alpha value is -1.35. The average molecular weight is 220 g/mol. The van der Waals surface area contributed by atoms with Gasteiger partial charge in [0, 0.05) is 36.1 Å². The molecular formula is C13H17FN2. The van der Waals surface area contributed by atoms with E-state index in [0.717, 1.165) is 16.5 Å². The first-order valence-corrected chi connectivity index (χ1v) is 5.41. The van der Waals surface area contributed by atoms with Gasteiger partial charge in [-0.15, -0.1) is 0 Å². The van der Waals surface area contributed by atoms with Crippen molar-refractivity contribution in [2.75, 3.05) is 6.54 Å². The van der Waals surface area contributed by atoms with E-state index in [2.05, 4.69) is 13.8 Å². The molecule has 0 spiro atoms. The fraction of sp³-hybridized carbons (Fsp3) is 0.385. The molecule has 0 aliphatic rings. The minimum absolute atomic E-state index is 0.132. The van der Waals surface area contributed by atoms with Crippen molar-refractivity contribution < 1.29 is 4.39 Å². The summed E-state index contributed by atoms with van der Waals surface area (Å²) in [6, 6.07) is 4.88. The van der Waals surface area contributed by atoms with E-state index in [4.69, 9.17) is 5.73 Å². The van der Waals surface area contributed by atoms with Crippen LogP contribution in [0.5, 0.6) is 0 Å². The molecule has 0 fully saturated rings. The van der Waals surface area contributed by atoms with E-state index in [1.807, 2.05) is 17.8 Å². The van der Waals surface area contributed by atoms with Crippen molar-refractivity contribution in [3.63, 3.8) is 0 Å². The van der Waals surface area contributed by atoms with Gasteiger partial charge in [0.05, 0.1) is 0 Å². The summed E-state index contributed by atoms with van der Waals surface area (Å²) >= 11 is 0. The van der Waals surface area contributed by atoms with E-state index in [1.54, 1.807) is 12.1 Å². The van der Waals surface area contributed by atoms with Crippen LogP contribution in [-0.4, -0.2) is 11.1 Å². The molecule has 0 saturated heterocycles. The maximum atomic E-state index is 13.3. The highest BCUT2D eigenvalue weighted by molar-refractivity contribution is 5.85. The van der Waals surface area contributed by atoms with Gasteiger partial charge in [-0.2, -0.15) is 0 Å². The molecule has 2 aromatic rings. The summed E-state index contributed by atoms with van der Waals surface area (Å²) in [5.41, 5.74) is 7.79. The van der Waals surface area contributed by atoms with Crippen molar-refractivity contribution in [3.05, 3.63) is 35.8 Å². The number of aromatic nitrogens is 1. The second-order valence-corrected chi connectivity index (χ2v) is 4.90. The lowest BCUT2D eigenvalue weighted by atomic mass is 9.85. The Labute approximate surface area is 94.9 Å².